The van der Waals surface area contributed by atoms with Gasteiger partial charge in [0.2, 0.25) is 0 Å². The lowest BCUT2D eigenvalue weighted by molar-refractivity contribution is -0.140. The van der Waals surface area contributed by atoms with Gasteiger partial charge in [0.15, 0.2) is 0 Å². The van der Waals surface area contributed by atoms with E-state index in [9.17, 15) is 4.79 Å². The number of esters is 1. The zero-order valence-electron chi connectivity index (χ0n) is 11.8. The average Bonchev–Trinajstić information content (AvgIpc) is 2.27. The Hall–Kier alpha value is -0.650. The van der Waals surface area contributed by atoms with Crippen molar-refractivity contribution in [2.45, 2.75) is 39.9 Å². The Balaban J connectivity index is 0. The summed E-state index contributed by atoms with van der Waals surface area (Å²) >= 11 is 0. The lowest BCUT2D eigenvalue weighted by atomic mass is 10.4. The van der Waals surface area contributed by atoms with Crippen molar-refractivity contribution in [3.63, 3.8) is 0 Å². The van der Waals surface area contributed by atoms with Gasteiger partial charge in [0.25, 0.3) is 0 Å². The maximum absolute atomic E-state index is 9.82. The smallest absolute Gasteiger partial charge is 0.302 e. The van der Waals surface area contributed by atoms with Crippen LogP contribution in [0.2, 0.25) is 0 Å². The van der Waals surface area contributed by atoms with Gasteiger partial charge in [-0.1, -0.05) is 0 Å². The molecule has 0 aliphatic heterocycles. The summed E-state index contributed by atoms with van der Waals surface area (Å²) in [5.74, 6) is -0.211. The monoisotopic (exact) mass is 250 g/mol. The molecule has 0 saturated carbocycles. The van der Waals surface area contributed by atoms with E-state index in [4.69, 9.17) is 14.2 Å². The molecule has 2 unspecified atom stereocenters. The van der Waals surface area contributed by atoms with E-state index >= 15 is 0 Å². The van der Waals surface area contributed by atoms with E-state index in [1.807, 2.05) is 13.8 Å². The van der Waals surface area contributed by atoms with Crippen LogP contribution in [0.4, 0.5) is 0 Å². The summed E-state index contributed by atoms with van der Waals surface area (Å²) in [7, 11) is 3.34. The third-order valence-electron chi connectivity index (χ3n) is 1.77. The molecule has 0 aliphatic rings. The van der Waals surface area contributed by atoms with Gasteiger partial charge in [-0.3, -0.25) is 4.79 Å². The Morgan fingerprint density at radius 2 is 1.71 bits per heavy atom. The highest BCUT2D eigenvalue weighted by molar-refractivity contribution is 5.65. The molecule has 0 rings (SSSR count). The highest BCUT2D eigenvalue weighted by Crippen LogP contribution is 1.95. The van der Waals surface area contributed by atoms with Gasteiger partial charge in [-0.2, -0.15) is 0 Å². The van der Waals surface area contributed by atoms with E-state index in [-0.39, 0.29) is 18.2 Å². The molecular weight excluding hydrogens is 224 g/mol. The minimum atomic E-state index is -0.211. The first-order chi connectivity index (χ1) is 7.97. The van der Waals surface area contributed by atoms with Crippen molar-refractivity contribution in [3.05, 3.63) is 0 Å². The summed E-state index contributed by atoms with van der Waals surface area (Å²) in [4.78, 5) is 9.82. The van der Waals surface area contributed by atoms with Crippen LogP contribution in [0.3, 0.4) is 0 Å². The molecule has 0 aromatic rings. The van der Waals surface area contributed by atoms with Crippen molar-refractivity contribution in [3.8, 4) is 0 Å². The second kappa shape index (κ2) is 13.4. The quantitative estimate of drug-likeness (QED) is 0.643. The standard InChI is InChI=1S/C8H18O3.C4H8O2/c1-7(10-4)6-11-8(2)5-9-3;1-3-6-4(2)5/h7-8H,5-6H2,1-4H3;3H2,1-2H3. The van der Waals surface area contributed by atoms with Crippen LogP contribution in [-0.2, 0) is 23.7 Å². The van der Waals surface area contributed by atoms with Gasteiger partial charge < -0.3 is 18.9 Å². The Bertz CT molecular complexity index is 172. The molecule has 0 aliphatic carbocycles. The van der Waals surface area contributed by atoms with Crippen molar-refractivity contribution >= 4 is 5.97 Å². The lowest BCUT2D eigenvalue weighted by Crippen LogP contribution is -2.21. The van der Waals surface area contributed by atoms with Gasteiger partial charge in [0.05, 0.1) is 32.0 Å². The molecule has 0 spiro atoms. The average molecular weight is 250 g/mol. The predicted molar refractivity (Wildman–Crippen MR) is 66.1 cm³/mol. The number of carbonyl (C=O) groups is 1. The fourth-order valence-electron chi connectivity index (χ4n) is 0.854. The molecule has 0 saturated heterocycles. The van der Waals surface area contributed by atoms with Gasteiger partial charge in [0.1, 0.15) is 0 Å². The number of hydrogen-bond acceptors (Lipinski definition) is 5. The third-order valence-corrected chi connectivity index (χ3v) is 1.77. The Morgan fingerprint density at radius 1 is 1.12 bits per heavy atom. The van der Waals surface area contributed by atoms with Crippen LogP contribution < -0.4 is 0 Å². The number of hydrogen-bond donors (Lipinski definition) is 0. The van der Waals surface area contributed by atoms with E-state index in [0.717, 1.165) is 0 Å². The first kappa shape index (κ1) is 18.7. The van der Waals surface area contributed by atoms with Crippen LogP contribution in [0.1, 0.15) is 27.7 Å². The Kier molecular flexibility index (Phi) is 14.8. The van der Waals surface area contributed by atoms with Crippen LogP contribution >= 0.6 is 0 Å². The van der Waals surface area contributed by atoms with Crippen molar-refractivity contribution < 1.29 is 23.7 Å². The maximum Gasteiger partial charge on any atom is 0.302 e. The van der Waals surface area contributed by atoms with Gasteiger partial charge in [-0.15, -0.1) is 0 Å². The number of rotatable bonds is 7. The van der Waals surface area contributed by atoms with Crippen molar-refractivity contribution in [1.29, 1.82) is 0 Å². The second-order valence-electron chi connectivity index (χ2n) is 3.57. The van der Waals surface area contributed by atoms with Crippen molar-refractivity contribution in [2.24, 2.45) is 0 Å². The Morgan fingerprint density at radius 3 is 2.00 bits per heavy atom. The van der Waals surface area contributed by atoms with Crippen LogP contribution in [0.15, 0.2) is 0 Å². The van der Waals surface area contributed by atoms with Gasteiger partial charge in [-0.05, 0) is 20.8 Å². The highest BCUT2D eigenvalue weighted by atomic mass is 16.5. The molecule has 0 aromatic heterocycles. The summed E-state index contributed by atoms with van der Waals surface area (Å²) in [5.41, 5.74) is 0. The maximum atomic E-state index is 9.82. The SMILES string of the molecule is CCOC(C)=O.COCC(C)OCC(C)OC. The summed E-state index contributed by atoms with van der Waals surface area (Å²) in [5, 5.41) is 0. The van der Waals surface area contributed by atoms with Crippen LogP contribution in [0.25, 0.3) is 0 Å². The molecule has 0 bridgehead atoms. The molecule has 0 amide bonds. The van der Waals surface area contributed by atoms with E-state index in [2.05, 4.69) is 4.74 Å². The molecule has 104 valence electrons. The zero-order valence-corrected chi connectivity index (χ0v) is 11.8. The molecule has 0 radical (unpaired) electrons. The molecule has 0 aromatic carbocycles. The normalized spacial score (nSPS) is 13.3. The van der Waals surface area contributed by atoms with Crippen LogP contribution in [0, 0.1) is 0 Å². The van der Waals surface area contributed by atoms with Gasteiger partial charge >= 0.3 is 5.97 Å². The number of ether oxygens (including phenoxy) is 4. The Labute approximate surface area is 104 Å². The second-order valence-corrected chi connectivity index (χ2v) is 3.57. The van der Waals surface area contributed by atoms with E-state index in [1.54, 1.807) is 21.1 Å². The molecule has 5 heteroatoms. The number of methoxy groups -OCH3 is 2. The van der Waals surface area contributed by atoms with E-state index in [0.29, 0.717) is 19.8 Å². The summed E-state index contributed by atoms with van der Waals surface area (Å²) < 4.78 is 19.7. The van der Waals surface area contributed by atoms with E-state index in [1.165, 1.54) is 6.92 Å². The summed E-state index contributed by atoms with van der Waals surface area (Å²) in [6.07, 6.45) is 0.312. The van der Waals surface area contributed by atoms with Crippen molar-refractivity contribution in [2.75, 3.05) is 34.0 Å². The topological polar surface area (TPSA) is 54.0 Å². The molecule has 17 heavy (non-hydrogen) atoms. The van der Waals surface area contributed by atoms with Crippen molar-refractivity contribution in [1.82, 2.24) is 0 Å². The molecule has 2 atom stereocenters. The van der Waals surface area contributed by atoms with Crippen LogP contribution in [-0.4, -0.2) is 52.2 Å². The van der Waals surface area contributed by atoms with E-state index < -0.39 is 0 Å². The van der Waals surface area contributed by atoms with Gasteiger partial charge in [0, 0.05) is 21.1 Å². The fraction of sp³-hybridized carbons (Fsp3) is 0.917. The number of carbonyl (C=O) groups excluding carboxylic acids is 1. The fourth-order valence-corrected chi connectivity index (χ4v) is 0.854. The summed E-state index contributed by atoms with van der Waals surface area (Å²) in [6.45, 7) is 8.86. The molecule has 0 N–H and O–H groups in total. The van der Waals surface area contributed by atoms with Crippen LogP contribution in [0.5, 0.6) is 0 Å². The van der Waals surface area contributed by atoms with Gasteiger partial charge in [-0.25, -0.2) is 0 Å². The lowest BCUT2D eigenvalue weighted by Gasteiger charge is -2.14. The third kappa shape index (κ3) is 17.9. The molecule has 0 heterocycles. The first-order valence-electron chi connectivity index (χ1n) is 5.74. The molecule has 0 fully saturated rings. The highest BCUT2D eigenvalue weighted by Gasteiger charge is 2.04. The molecular formula is C12H26O5. The largest absolute Gasteiger partial charge is 0.466 e. The minimum Gasteiger partial charge on any atom is -0.466 e. The zero-order chi connectivity index (χ0) is 13.7. The first-order valence-corrected chi connectivity index (χ1v) is 5.74. The minimum absolute atomic E-state index is 0.151. The predicted octanol–water partition coefficient (Wildman–Crippen LogP) is 1.64. The molecule has 5 nitrogen and oxygen atoms in total. The summed E-state index contributed by atoms with van der Waals surface area (Å²) in [6, 6.07) is 0.